The third-order valence-electron chi connectivity index (χ3n) is 5.45. The van der Waals surface area contributed by atoms with E-state index in [9.17, 15) is 19.1 Å². The average Bonchev–Trinajstić information content (AvgIpc) is 2.66. The highest BCUT2D eigenvalue weighted by Crippen LogP contribution is 2.54. The summed E-state index contributed by atoms with van der Waals surface area (Å²) < 4.78 is 13.6. The minimum Gasteiger partial charge on any atom is -0.386 e. The Bertz CT molecular complexity index is 653. The van der Waals surface area contributed by atoms with Crippen LogP contribution in [0.1, 0.15) is 39.0 Å². The number of nitrogens with two attached hydrogens (primary N) is 1. The van der Waals surface area contributed by atoms with Gasteiger partial charge in [0.1, 0.15) is 17.5 Å². The molecule has 1 aromatic rings. The van der Waals surface area contributed by atoms with E-state index in [0.717, 1.165) is 19.3 Å². The molecule has 3 rings (SSSR count). The first kappa shape index (κ1) is 15.9. The second-order valence-corrected chi connectivity index (χ2v) is 6.75. The van der Waals surface area contributed by atoms with Crippen LogP contribution in [0.5, 0.6) is 0 Å². The summed E-state index contributed by atoms with van der Waals surface area (Å²) in [5.74, 6) is -1.63. The zero-order valence-electron chi connectivity index (χ0n) is 13.1. The van der Waals surface area contributed by atoms with Gasteiger partial charge in [0.25, 0.3) is 0 Å². The summed E-state index contributed by atoms with van der Waals surface area (Å²) in [6.45, 7) is 1.50. The van der Waals surface area contributed by atoms with E-state index in [1.165, 1.54) is 30.0 Å². The molecule has 0 radical (unpaired) electrons. The molecule has 1 saturated heterocycles. The average molecular weight is 320 g/mol. The van der Waals surface area contributed by atoms with Gasteiger partial charge in [0.05, 0.1) is 5.41 Å². The molecular formula is C17H21FN2O3. The van der Waals surface area contributed by atoms with Crippen LogP contribution in [0, 0.1) is 11.2 Å². The maximum absolute atomic E-state index is 13.6. The lowest BCUT2D eigenvalue weighted by Crippen LogP contribution is -2.56. The normalized spacial score (nSPS) is 30.0. The van der Waals surface area contributed by atoms with Crippen LogP contribution in [-0.4, -0.2) is 28.6 Å². The predicted octanol–water partition coefficient (Wildman–Crippen LogP) is 1.73. The number of hydrogen-bond donors (Lipinski definition) is 2. The Morgan fingerprint density at radius 3 is 2.57 bits per heavy atom. The first-order valence-electron chi connectivity index (χ1n) is 7.92. The zero-order valence-corrected chi connectivity index (χ0v) is 13.1. The molecule has 1 heterocycles. The molecule has 2 aliphatic rings. The predicted molar refractivity (Wildman–Crippen MR) is 83.0 cm³/mol. The fourth-order valence-electron chi connectivity index (χ4n) is 4.25. The van der Waals surface area contributed by atoms with Crippen LogP contribution >= 0.6 is 0 Å². The van der Waals surface area contributed by atoms with Crippen LogP contribution in [0.2, 0.25) is 0 Å². The van der Waals surface area contributed by atoms with Gasteiger partial charge in [-0.1, -0.05) is 25.3 Å². The maximum atomic E-state index is 13.6. The van der Waals surface area contributed by atoms with Crippen molar-refractivity contribution in [3.8, 4) is 0 Å². The Morgan fingerprint density at radius 2 is 2.00 bits per heavy atom. The third-order valence-corrected chi connectivity index (χ3v) is 5.45. The number of halogens is 1. The van der Waals surface area contributed by atoms with Crippen LogP contribution < -0.4 is 10.6 Å². The minimum absolute atomic E-state index is 0.251. The molecule has 23 heavy (non-hydrogen) atoms. The second kappa shape index (κ2) is 5.30. The number of benzene rings is 1. The van der Waals surface area contributed by atoms with Crippen LogP contribution in [0.25, 0.3) is 0 Å². The van der Waals surface area contributed by atoms with Gasteiger partial charge in [0.15, 0.2) is 0 Å². The van der Waals surface area contributed by atoms with Crippen molar-refractivity contribution in [1.82, 2.24) is 0 Å². The highest BCUT2D eigenvalue weighted by atomic mass is 19.1. The van der Waals surface area contributed by atoms with Gasteiger partial charge in [0, 0.05) is 5.69 Å². The standard InChI is InChI=1S/C17H21FN2O3/c1-16(23)13(14(19)21)20(12-7-5-6-11(18)10-12)15(22)17(16)8-3-2-4-9-17/h5-7,10,13,23H,2-4,8-9H2,1H3,(H2,19,21). The molecule has 2 unspecified atom stereocenters. The highest BCUT2D eigenvalue weighted by molar-refractivity contribution is 6.08. The highest BCUT2D eigenvalue weighted by Gasteiger charge is 2.67. The molecule has 1 spiro atoms. The van der Waals surface area contributed by atoms with Gasteiger partial charge in [-0.2, -0.15) is 0 Å². The number of aliphatic hydroxyl groups is 1. The van der Waals surface area contributed by atoms with E-state index < -0.39 is 28.8 Å². The molecular weight excluding hydrogens is 299 g/mol. The van der Waals surface area contributed by atoms with Crippen LogP contribution in [-0.2, 0) is 9.59 Å². The van der Waals surface area contributed by atoms with Gasteiger partial charge in [-0.3, -0.25) is 14.5 Å². The van der Waals surface area contributed by atoms with E-state index in [0.29, 0.717) is 12.8 Å². The number of anilines is 1. The minimum atomic E-state index is -1.58. The van der Waals surface area contributed by atoms with Gasteiger partial charge in [-0.25, -0.2) is 4.39 Å². The molecule has 2 fully saturated rings. The van der Waals surface area contributed by atoms with Crippen LogP contribution in [0.15, 0.2) is 24.3 Å². The Kier molecular flexibility index (Phi) is 3.67. The molecule has 0 bridgehead atoms. The maximum Gasteiger partial charge on any atom is 0.243 e. The number of rotatable bonds is 2. The number of carbonyl (C=O) groups excluding carboxylic acids is 2. The molecule has 0 aromatic heterocycles. The first-order valence-corrected chi connectivity index (χ1v) is 7.92. The van der Waals surface area contributed by atoms with Crippen molar-refractivity contribution in [3.05, 3.63) is 30.1 Å². The van der Waals surface area contributed by atoms with Gasteiger partial charge < -0.3 is 10.8 Å². The Morgan fingerprint density at radius 1 is 1.35 bits per heavy atom. The quantitative estimate of drug-likeness (QED) is 0.870. The molecule has 5 nitrogen and oxygen atoms in total. The van der Waals surface area contributed by atoms with Crippen molar-refractivity contribution < 1.29 is 19.1 Å². The zero-order chi connectivity index (χ0) is 16.8. The Labute approximate surface area is 134 Å². The van der Waals surface area contributed by atoms with Gasteiger partial charge in [-0.05, 0) is 38.0 Å². The van der Waals surface area contributed by atoms with Gasteiger partial charge in [0.2, 0.25) is 11.8 Å². The van der Waals surface area contributed by atoms with Crippen LogP contribution in [0.3, 0.4) is 0 Å². The lowest BCUT2D eigenvalue weighted by molar-refractivity contribution is -0.142. The number of primary amides is 1. The van der Waals surface area contributed by atoms with Crippen molar-refractivity contribution >= 4 is 17.5 Å². The first-order chi connectivity index (χ1) is 10.8. The van der Waals surface area contributed by atoms with Crippen molar-refractivity contribution in [1.29, 1.82) is 0 Å². The Balaban J connectivity index is 2.15. The molecule has 6 heteroatoms. The van der Waals surface area contributed by atoms with E-state index in [-0.39, 0.29) is 11.6 Å². The van der Waals surface area contributed by atoms with E-state index in [4.69, 9.17) is 5.73 Å². The molecule has 2 amide bonds. The number of nitrogens with zero attached hydrogens (tertiary/aromatic N) is 1. The largest absolute Gasteiger partial charge is 0.386 e. The number of hydrogen-bond acceptors (Lipinski definition) is 3. The second-order valence-electron chi connectivity index (χ2n) is 6.75. The summed E-state index contributed by atoms with van der Waals surface area (Å²) in [5.41, 5.74) is 3.15. The van der Waals surface area contributed by atoms with E-state index in [1.54, 1.807) is 6.07 Å². The van der Waals surface area contributed by atoms with Crippen molar-refractivity contribution in [2.45, 2.75) is 50.7 Å². The van der Waals surface area contributed by atoms with Gasteiger partial charge in [-0.15, -0.1) is 0 Å². The number of carbonyl (C=O) groups is 2. The monoisotopic (exact) mass is 320 g/mol. The molecule has 3 N–H and O–H groups in total. The van der Waals surface area contributed by atoms with Crippen LogP contribution in [0.4, 0.5) is 10.1 Å². The smallest absolute Gasteiger partial charge is 0.243 e. The summed E-state index contributed by atoms with van der Waals surface area (Å²) in [6.07, 6.45) is 3.63. The van der Waals surface area contributed by atoms with E-state index in [1.807, 2.05) is 0 Å². The molecule has 1 saturated carbocycles. The SMILES string of the molecule is CC1(O)C(C(N)=O)N(c2cccc(F)c2)C(=O)C12CCCCC2. The summed E-state index contributed by atoms with van der Waals surface area (Å²) in [5, 5.41) is 11.1. The topological polar surface area (TPSA) is 83.6 Å². The van der Waals surface area contributed by atoms with Gasteiger partial charge >= 0.3 is 0 Å². The third kappa shape index (κ3) is 2.16. The fraction of sp³-hybridized carbons (Fsp3) is 0.529. The molecule has 2 atom stereocenters. The molecule has 1 aromatic carbocycles. The summed E-state index contributed by atoms with van der Waals surface area (Å²) in [4.78, 5) is 26.4. The summed E-state index contributed by atoms with van der Waals surface area (Å²) in [6, 6.07) is 4.27. The number of amides is 2. The summed E-state index contributed by atoms with van der Waals surface area (Å²) >= 11 is 0. The molecule has 1 aliphatic heterocycles. The van der Waals surface area contributed by atoms with Crippen molar-refractivity contribution in [3.63, 3.8) is 0 Å². The molecule has 1 aliphatic carbocycles. The van der Waals surface area contributed by atoms with Crippen molar-refractivity contribution in [2.75, 3.05) is 4.90 Å². The molecule has 124 valence electrons. The fourth-order valence-corrected chi connectivity index (χ4v) is 4.25. The Hall–Kier alpha value is -1.95. The lowest BCUT2D eigenvalue weighted by Gasteiger charge is -2.41. The van der Waals surface area contributed by atoms with E-state index >= 15 is 0 Å². The lowest BCUT2D eigenvalue weighted by atomic mass is 9.63. The summed E-state index contributed by atoms with van der Waals surface area (Å²) in [7, 11) is 0. The van der Waals surface area contributed by atoms with Crippen molar-refractivity contribution in [2.24, 2.45) is 11.1 Å². The van der Waals surface area contributed by atoms with E-state index in [2.05, 4.69) is 0 Å².